The molecule has 34 heavy (non-hydrogen) atoms. The van der Waals surface area contributed by atoms with E-state index in [1.807, 2.05) is 36.4 Å². The molecule has 1 amide bonds. The molecule has 0 aliphatic carbocycles. The predicted molar refractivity (Wildman–Crippen MR) is 122 cm³/mol. The summed E-state index contributed by atoms with van der Waals surface area (Å²) in [5.74, 6) is -4.11. The van der Waals surface area contributed by atoms with Crippen LogP contribution in [0.2, 0.25) is 0 Å². The van der Waals surface area contributed by atoms with E-state index in [4.69, 9.17) is 0 Å². The van der Waals surface area contributed by atoms with Crippen LogP contribution in [0.3, 0.4) is 0 Å². The first kappa shape index (κ1) is 22.2. The molecule has 2 unspecified atom stereocenters. The lowest BCUT2D eigenvalue weighted by atomic mass is 9.89. The summed E-state index contributed by atoms with van der Waals surface area (Å²) in [7, 11) is 3.54. The average molecular weight is 467 g/mol. The second-order valence-electron chi connectivity index (χ2n) is 8.77. The molecule has 1 aliphatic rings. The van der Waals surface area contributed by atoms with Crippen LogP contribution in [0.5, 0.6) is 0 Å². The van der Waals surface area contributed by atoms with Gasteiger partial charge in [0.2, 0.25) is 0 Å². The van der Waals surface area contributed by atoms with Gasteiger partial charge in [-0.1, -0.05) is 6.92 Å². The monoisotopic (exact) mass is 467 g/mol. The van der Waals surface area contributed by atoms with Gasteiger partial charge in [0.1, 0.15) is 5.65 Å². The molecule has 0 saturated carbocycles. The molecule has 1 aromatic carbocycles. The van der Waals surface area contributed by atoms with Gasteiger partial charge in [0.25, 0.3) is 5.91 Å². The Bertz CT molecular complexity index is 1420. The van der Waals surface area contributed by atoms with Gasteiger partial charge < -0.3 is 9.47 Å². The summed E-state index contributed by atoms with van der Waals surface area (Å²) < 4.78 is 44.9. The highest BCUT2D eigenvalue weighted by Crippen LogP contribution is 2.40. The van der Waals surface area contributed by atoms with Crippen molar-refractivity contribution in [2.24, 2.45) is 14.1 Å². The number of aryl methyl sites for hydroxylation is 2. The minimum atomic E-state index is -1.50. The van der Waals surface area contributed by atoms with Crippen LogP contribution in [0.25, 0.3) is 22.3 Å². The Kier molecular flexibility index (Phi) is 5.22. The Labute approximate surface area is 194 Å². The summed E-state index contributed by atoms with van der Waals surface area (Å²) >= 11 is 0. The van der Waals surface area contributed by atoms with E-state index >= 15 is 0 Å². The van der Waals surface area contributed by atoms with Crippen molar-refractivity contribution < 1.29 is 18.0 Å². The van der Waals surface area contributed by atoms with Gasteiger partial charge in [-0.05, 0) is 44.0 Å². The summed E-state index contributed by atoms with van der Waals surface area (Å²) in [6, 6.07) is 5.14. The van der Waals surface area contributed by atoms with Crippen molar-refractivity contribution in [3.8, 4) is 11.3 Å². The number of aromatic nitrogens is 4. The van der Waals surface area contributed by atoms with E-state index in [0.29, 0.717) is 29.8 Å². The van der Waals surface area contributed by atoms with E-state index in [0.717, 1.165) is 28.7 Å². The minimum Gasteiger partial charge on any atom is -0.335 e. The fraction of sp³-hybridized carbons (Fsp3) is 0.320. The molecular formula is C25H24F3N5O. The number of amides is 1. The summed E-state index contributed by atoms with van der Waals surface area (Å²) in [4.78, 5) is 20.0. The van der Waals surface area contributed by atoms with Crippen LogP contribution in [-0.2, 0) is 20.5 Å². The lowest BCUT2D eigenvalue weighted by molar-refractivity contribution is 0.0547. The number of benzene rings is 1. The van der Waals surface area contributed by atoms with Crippen molar-refractivity contribution in [3.05, 3.63) is 70.9 Å². The van der Waals surface area contributed by atoms with Gasteiger partial charge >= 0.3 is 0 Å². The second-order valence-corrected chi connectivity index (χ2v) is 8.77. The smallest absolute Gasteiger partial charge is 0.256 e. The number of fused-ring (bicyclic) bond motifs is 2. The zero-order valence-corrected chi connectivity index (χ0v) is 19.3. The lowest BCUT2D eigenvalue weighted by Gasteiger charge is -2.40. The highest BCUT2D eigenvalue weighted by atomic mass is 19.2. The summed E-state index contributed by atoms with van der Waals surface area (Å²) in [5.41, 5.74) is 3.52. The highest BCUT2D eigenvalue weighted by Gasteiger charge is 2.39. The zero-order chi connectivity index (χ0) is 24.3. The van der Waals surface area contributed by atoms with E-state index in [1.54, 1.807) is 30.2 Å². The quantitative estimate of drug-likeness (QED) is 0.402. The number of halogens is 3. The maximum atomic E-state index is 14.0. The molecule has 176 valence electrons. The topological polar surface area (TPSA) is 56.0 Å². The number of rotatable bonds is 3. The third-order valence-electron chi connectivity index (χ3n) is 6.75. The van der Waals surface area contributed by atoms with Crippen LogP contribution in [0, 0.1) is 17.5 Å². The molecule has 5 rings (SSSR count). The number of carbonyl (C=O) groups excluding carboxylic acids is 1. The van der Waals surface area contributed by atoms with Gasteiger partial charge in [0, 0.05) is 49.0 Å². The summed E-state index contributed by atoms with van der Waals surface area (Å²) in [5, 5.41) is 5.40. The number of hydrogen-bond donors (Lipinski definition) is 0. The molecule has 4 heterocycles. The van der Waals surface area contributed by atoms with Crippen LogP contribution in [-0.4, -0.2) is 36.2 Å². The fourth-order valence-electron chi connectivity index (χ4n) is 5.17. The Morgan fingerprint density at radius 1 is 1.18 bits per heavy atom. The van der Waals surface area contributed by atoms with E-state index in [1.165, 1.54) is 0 Å². The van der Waals surface area contributed by atoms with E-state index < -0.39 is 17.5 Å². The SMILES string of the molecule is CCC1Cc2c(nn(C)c2-c2cc(F)c(F)c(F)c2)C(C)N1C(=O)c1cn(C)c2ncccc12. The Balaban J connectivity index is 1.61. The predicted octanol–water partition coefficient (Wildman–Crippen LogP) is 4.93. The van der Waals surface area contributed by atoms with E-state index in [2.05, 4.69) is 10.1 Å². The van der Waals surface area contributed by atoms with Crippen LogP contribution < -0.4 is 0 Å². The van der Waals surface area contributed by atoms with Crippen LogP contribution in [0.4, 0.5) is 13.2 Å². The second kappa shape index (κ2) is 8.00. The summed E-state index contributed by atoms with van der Waals surface area (Å²) in [6.45, 7) is 3.91. The minimum absolute atomic E-state index is 0.116. The molecule has 0 saturated heterocycles. The largest absolute Gasteiger partial charge is 0.335 e. The van der Waals surface area contributed by atoms with Crippen molar-refractivity contribution in [3.63, 3.8) is 0 Å². The number of nitrogens with zero attached hydrogens (tertiary/aromatic N) is 5. The average Bonchev–Trinajstić information content (AvgIpc) is 3.33. The molecule has 0 radical (unpaired) electrons. The maximum absolute atomic E-state index is 14.0. The lowest BCUT2D eigenvalue weighted by Crippen LogP contribution is -2.46. The third-order valence-corrected chi connectivity index (χ3v) is 6.75. The molecule has 0 bridgehead atoms. The number of pyridine rings is 1. The van der Waals surface area contributed by atoms with Crippen LogP contribution >= 0.6 is 0 Å². The van der Waals surface area contributed by atoms with Crippen molar-refractivity contribution >= 4 is 16.9 Å². The van der Waals surface area contributed by atoms with Gasteiger partial charge in [0.15, 0.2) is 17.5 Å². The normalized spacial score (nSPS) is 17.9. The first-order valence-corrected chi connectivity index (χ1v) is 11.2. The standard InChI is InChI=1S/C25H24F3N5O/c1-5-15-11-17-22(30-32(4)23(17)14-9-19(26)21(28)20(27)10-14)13(2)33(15)25(34)18-12-31(3)24-16(18)7-6-8-29-24/h6-10,12-13,15H,5,11H2,1-4H3. The van der Waals surface area contributed by atoms with E-state index in [-0.39, 0.29) is 23.6 Å². The Morgan fingerprint density at radius 2 is 1.88 bits per heavy atom. The van der Waals surface area contributed by atoms with Gasteiger partial charge in [-0.25, -0.2) is 18.2 Å². The first-order chi connectivity index (χ1) is 16.2. The van der Waals surface area contributed by atoms with Gasteiger partial charge in [-0.3, -0.25) is 9.48 Å². The van der Waals surface area contributed by atoms with Crippen molar-refractivity contribution in [1.82, 2.24) is 24.2 Å². The maximum Gasteiger partial charge on any atom is 0.256 e. The zero-order valence-electron chi connectivity index (χ0n) is 19.3. The van der Waals surface area contributed by atoms with Gasteiger partial charge in [-0.15, -0.1) is 0 Å². The molecule has 9 heteroatoms. The molecule has 0 spiro atoms. The van der Waals surface area contributed by atoms with E-state index in [9.17, 15) is 18.0 Å². The molecule has 3 aromatic heterocycles. The fourth-order valence-corrected chi connectivity index (χ4v) is 5.17. The molecular weight excluding hydrogens is 443 g/mol. The first-order valence-electron chi connectivity index (χ1n) is 11.2. The molecule has 1 aliphatic heterocycles. The number of hydrogen-bond acceptors (Lipinski definition) is 3. The summed E-state index contributed by atoms with van der Waals surface area (Å²) in [6.07, 6.45) is 4.63. The van der Waals surface area contributed by atoms with Crippen molar-refractivity contribution in [1.29, 1.82) is 0 Å². The molecule has 4 aromatic rings. The Hall–Kier alpha value is -3.62. The van der Waals surface area contributed by atoms with Crippen LogP contribution in [0.1, 0.15) is 47.9 Å². The van der Waals surface area contributed by atoms with Gasteiger partial charge in [-0.2, -0.15) is 5.10 Å². The molecule has 2 atom stereocenters. The molecule has 0 N–H and O–H groups in total. The van der Waals surface area contributed by atoms with Crippen molar-refractivity contribution in [2.45, 2.75) is 38.8 Å². The number of carbonyl (C=O) groups is 1. The third kappa shape index (κ3) is 3.21. The highest BCUT2D eigenvalue weighted by molar-refractivity contribution is 6.06. The molecule has 0 fully saturated rings. The van der Waals surface area contributed by atoms with Gasteiger partial charge in [0.05, 0.1) is 23.0 Å². The molecule has 6 nitrogen and oxygen atoms in total. The van der Waals surface area contributed by atoms with Crippen molar-refractivity contribution in [2.75, 3.05) is 0 Å². The van der Waals surface area contributed by atoms with Crippen LogP contribution in [0.15, 0.2) is 36.7 Å². The Morgan fingerprint density at radius 3 is 2.56 bits per heavy atom.